The molecular weight excluding hydrogens is 277 g/mol. The molecule has 5 heteroatoms. The lowest BCUT2D eigenvalue weighted by Gasteiger charge is -2.18. The third-order valence-electron chi connectivity index (χ3n) is 3.36. The van der Waals surface area contributed by atoms with Crippen molar-refractivity contribution in [2.24, 2.45) is 0 Å². The number of hydrogen-bond acceptors (Lipinski definition) is 3. The second-order valence-corrected chi connectivity index (χ2v) is 7.40. The number of benzene rings is 1. The number of sulfone groups is 1. The number of rotatable bonds is 9. The van der Waals surface area contributed by atoms with Gasteiger partial charge in [-0.05, 0) is 37.4 Å². The lowest BCUT2D eigenvalue weighted by molar-refractivity contribution is 0.474. The van der Waals surface area contributed by atoms with Gasteiger partial charge < -0.3 is 5.32 Å². The lowest BCUT2D eigenvalue weighted by Crippen LogP contribution is -2.31. The molecule has 0 aliphatic carbocycles. The molecule has 0 saturated heterocycles. The van der Waals surface area contributed by atoms with Gasteiger partial charge in [0.15, 0.2) is 0 Å². The zero-order chi connectivity index (χ0) is 15.0. The fraction of sp³-hybridized carbons (Fsp3) is 0.600. The number of likely N-dealkylation sites (N-methyl/N-ethyl adjacent to an activating group) is 1. The summed E-state index contributed by atoms with van der Waals surface area (Å²) in [6.07, 6.45) is 1.94. The molecule has 0 saturated carbocycles. The highest BCUT2D eigenvalue weighted by Gasteiger charge is 2.13. The molecule has 1 aromatic carbocycles. The van der Waals surface area contributed by atoms with Crippen LogP contribution in [0.2, 0.25) is 0 Å². The topological polar surface area (TPSA) is 46.2 Å². The molecule has 1 atom stereocenters. The summed E-state index contributed by atoms with van der Waals surface area (Å²) >= 11 is 0. The normalized spacial score (nSPS) is 13.3. The molecule has 1 aromatic rings. The predicted molar refractivity (Wildman–Crippen MR) is 81.1 cm³/mol. The molecule has 1 unspecified atom stereocenters. The van der Waals surface area contributed by atoms with Crippen LogP contribution in [0.1, 0.15) is 32.3 Å². The van der Waals surface area contributed by atoms with Crippen molar-refractivity contribution in [1.29, 1.82) is 0 Å². The van der Waals surface area contributed by atoms with Crippen LogP contribution in [0.25, 0.3) is 0 Å². The Morgan fingerprint density at radius 1 is 1.25 bits per heavy atom. The maximum Gasteiger partial charge on any atom is 0.150 e. The Labute approximate surface area is 121 Å². The van der Waals surface area contributed by atoms with E-state index in [1.807, 2.05) is 13.0 Å². The average molecular weight is 301 g/mol. The lowest BCUT2D eigenvalue weighted by atomic mass is 10.0. The van der Waals surface area contributed by atoms with E-state index in [1.54, 1.807) is 19.1 Å². The Morgan fingerprint density at radius 2 is 1.95 bits per heavy atom. The van der Waals surface area contributed by atoms with Crippen LogP contribution in [-0.2, 0) is 16.3 Å². The maximum absolute atomic E-state index is 13.6. The molecule has 1 rings (SSSR count). The molecule has 3 nitrogen and oxygen atoms in total. The van der Waals surface area contributed by atoms with Crippen molar-refractivity contribution in [3.63, 3.8) is 0 Å². The van der Waals surface area contributed by atoms with E-state index < -0.39 is 9.84 Å². The van der Waals surface area contributed by atoms with Crippen molar-refractivity contribution in [2.45, 2.75) is 39.2 Å². The molecule has 0 aliphatic heterocycles. The van der Waals surface area contributed by atoms with Gasteiger partial charge in [-0.2, -0.15) is 0 Å². The van der Waals surface area contributed by atoms with E-state index in [9.17, 15) is 12.8 Å². The van der Waals surface area contributed by atoms with Gasteiger partial charge in [0.1, 0.15) is 15.7 Å². The largest absolute Gasteiger partial charge is 0.314 e. The Bertz CT molecular complexity index is 502. The van der Waals surface area contributed by atoms with Gasteiger partial charge in [0.05, 0.1) is 5.75 Å². The summed E-state index contributed by atoms with van der Waals surface area (Å²) < 4.78 is 36.6. The quantitative estimate of drug-likeness (QED) is 0.762. The summed E-state index contributed by atoms with van der Waals surface area (Å²) in [4.78, 5) is 0. The zero-order valence-electron chi connectivity index (χ0n) is 12.2. The van der Waals surface area contributed by atoms with E-state index >= 15 is 0 Å². The SMILES string of the molecule is CCNC(CCCS(=O)(=O)CC)Cc1ccccc1F. The third kappa shape index (κ3) is 6.01. The van der Waals surface area contributed by atoms with Gasteiger partial charge >= 0.3 is 0 Å². The molecule has 0 aliphatic rings. The van der Waals surface area contributed by atoms with Crippen LogP contribution in [0.5, 0.6) is 0 Å². The highest BCUT2D eigenvalue weighted by molar-refractivity contribution is 7.91. The molecule has 114 valence electrons. The van der Waals surface area contributed by atoms with Crippen molar-refractivity contribution < 1.29 is 12.8 Å². The first kappa shape index (κ1) is 17.1. The summed E-state index contributed by atoms with van der Waals surface area (Å²) in [6.45, 7) is 4.45. The van der Waals surface area contributed by atoms with Crippen molar-refractivity contribution in [1.82, 2.24) is 5.32 Å². The summed E-state index contributed by atoms with van der Waals surface area (Å²) in [6, 6.07) is 6.85. The Balaban J connectivity index is 2.55. The molecule has 0 spiro atoms. The molecule has 0 amide bonds. The Hall–Kier alpha value is -0.940. The first-order valence-corrected chi connectivity index (χ1v) is 8.97. The molecule has 20 heavy (non-hydrogen) atoms. The van der Waals surface area contributed by atoms with Crippen LogP contribution in [0.3, 0.4) is 0 Å². The Morgan fingerprint density at radius 3 is 2.55 bits per heavy atom. The first-order chi connectivity index (χ1) is 9.48. The highest BCUT2D eigenvalue weighted by Crippen LogP contribution is 2.12. The summed E-state index contributed by atoms with van der Waals surface area (Å²) in [5, 5.41) is 3.30. The number of halogens is 1. The van der Waals surface area contributed by atoms with Crippen LogP contribution in [0.4, 0.5) is 4.39 Å². The molecular formula is C15H24FNO2S. The Kier molecular flexibility index (Phi) is 7.16. The van der Waals surface area contributed by atoms with E-state index in [-0.39, 0.29) is 23.4 Å². The van der Waals surface area contributed by atoms with Crippen LogP contribution in [-0.4, -0.2) is 32.5 Å². The summed E-state index contributed by atoms with van der Waals surface area (Å²) in [5.74, 6) is 0.200. The smallest absolute Gasteiger partial charge is 0.150 e. The molecule has 0 aromatic heterocycles. The second-order valence-electron chi connectivity index (χ2n) is 4.93. The van der Waals surface area contributed by atoms with E-state index in [1.165, 1.54) is 6.07 Å². The van der Waals surface area contributed by atoms with E-state index in [0.717, 1.165) is 13.0 Å². The van der Waals surface area contributed by atoms with Crippen molar-refractivity contribution >= 4 is 9.84 Å². The van der Waals surface area contributed by atoms with Gasteiger partial charge in [-0.25, -0.2) is 12.8 Å². The van der Waals surface area contributed by atoms with Crippen molar-refractivity contribution in [2.75, 3.05) is 18.1 Å². The van der Waals surface area contributed by atoms with Gasteiger partial charge in [0, 0.05) is 11.8 Å². The van der Waals surface area contributed by atoms with Gasteiger partial charge in [0.25, 0.3) is 0 Å². The van der Waals surface area contributed by atoms with Gasteiger partial charge in [-0.3, -0.25) is 0 Å². The summed E-state index contributed by atoms with van der Waals surface area (Å²) in [5.41, 5.74) is 0.678. The van der Waals surface area contributed by atoms with E-state index in [4.69, 9.17) is 0 Å². The minimum Gasteiger partial charge on any atom is -0.314 e. The second kappa shape index (κ2) is 8.37. The molecule has 1 N–H and O–H groups in total. The number of nitrogens with one attached hydrogen (secondary N) is 1. The summed E-state index contributed by atoms with van der Waals surface area (Å²) in [7, 11) is -2.91. The van der Waals surface area contributed by atoms with Gasteiger partial charge in [-0.15, -0.1) is 0 Å². The fourth-order valence-corrected chi connectivity index (χ4v) is 3.08. The van der Waals surface area contributed by atoms with Crippen molar-refractivity contribution in [3.05, 3.63) is 35.6 Å². The molecule has 0 radical (unpaired) electrons. The van der Waals surface area contributed by atoms with Crippen LogP contribution >= 0.6 is 0 Å². The molecule has 0 bridgehead atoms. The first-order valence-electron chi connectivity index (χ1n) is 7.15. The van der Waals surface area contributed by atoms with Crippen molar-refractivity contribution in [3.8, 4) is 0 Å². The van der Waals surface area contributed by atoms with Crippen LogP contribution in [0, 0.1) is 5.82 Å². The zero-order valence-corrected chi connectivity index (χ0v) is 13.0. The number of hydrogen-bond donors (Lipinski definition) is 1. The fourth-order valence-electron chi connectivity index (χ4n) is 2.19. The standard InChI is InChI=1S/C15H24FNO2S/c1-3-17-14(9-7-11-20(18,19)4-2)12-13-8-5-6-10-15(13)16/h5-6,8,10,14,17H,3-4,7,9,11-12H2,1-2H3. The van der Waals surface area contributed by atoms with Gasteiger partial charge in [-0.1, -0.05) is 32.0 Å². The van der Waals surface area contributed by atoms with E-state index in [2.05, 4.69) is 5.32 Å². The molecule has 0 heterocycles. The van der Waals surface area contributed by atoms with Crippen LogP contribution < -0.4 is 5.32 Å². The van der Waals surface area contributed by atoms with E-state index in [0.29, 0.717) is 18.4 Å². The monoisotopic (exact) mass is 301 g/mol. The third-order valence-corrected chi connectivity index (χ3v) is 5.16. The maximum atomic E-state index is 13.6. The predicted octanol–water partition coefficient (Wildman–Crippen LogP) is 2.56. The highest BCUT2D eigenvalue weighted by atomic mass is 32.2. The minimum absolute atomic E-state index is 0.115. The molecule has 0 fully saturated rings. The minimum atomic E-state index is -2.91. The average Bonchev–Trinajstić information content (AvgIpc) is 2.41. The van der Waals surface area contributed by atoms with Crippen LogP contribution in [0.15, 0.2) is 24.3 Å². The van der Waals surface area contributed by atoms with Gasteiger partial charge in [0.2, 0.25) is 0 Å².